The second kappa shape index (κ2) is 9.78. The van der Waals surface area contributed by atoms with Gasteiger partial charge in [0.05, 0.1) is 18.2 Å². The van der Waals surface area contributed by atoms with Gasteiger partial charge in [0, 0.05) is 43.9 Å². The van der Waals surface area contributed by atoms with Crippen molar-refractivity contribution in [3.8, 4) is 5.88 Å². The van der Waals surface area contributed by atoms with Crippen LogP contribution in [-0.4, -0.2) is 61.8 Å². The Morgan fingerprint density at radius 1 is 1.48 bits per heavy atom. The van der Waals surface area contributed by atoms with Gasteiger partial charge >= 0.3 is 0 Å². The van der Waals surface area contributed by atoms with Crippen LogP contribution >= 0.6 is 35.6 Å². The Balaban J connectivity index is 0.00000225. The van der Waals surface area contributed by atoms with E-state index in [1.807, 2.05) is 0 Å². The summed E-state index contributed by atoms with van der Waals surface area (Å²) in [5.74, 6) is 1.54. The number of halogens is 2. The lowest BCUT2D eigenvalue weighted by molar-refractivity contribution is 0.156. The summed E-state index contributed by atoms with van der Waals surface area (Å²) in [4.78, 5) is 11.2. The fourth-order valence-electron chi connectivity index (χ4n) is 3.26. The van der Waals surface area contributed by atoms with Crippen LogP contribution in [0.15, 0.2) is 23.3 Å². The molecule has 0 amide bonds. The molecule has 2 fully saturated rings. The Hall–Kier alpha value is -0.800. The molecule has 140 valence electrons. The lowest BCUT2D eigenvalue weighted by Gasteiger charge is -2.24. The van der Waals surface area contributed by atoms with E-state index in [-0.39, 0.29) is 24.0 Å². The van der Waals surface area contributed by atoms with E-state index in [0.29, 0.717) is 29.5 Å². The molecule has 8 heteroatoms. The fourth-order valence-corrected chi connectivity index (χ4v) is 3.37. The van der Waals surface area contributed by atoms with Gasteiger partial charge in [0.15, 0.2) is 5.96 Å². The van der Waals surface area contributed by atoms with Gasteiger partial charge in [0.2, 0.25) is 5.88 Å². The second-order valence-electron chi connectivity index (χ2n) is 6.37. The van der Waals surface area contributed by atoms with Gasteiger partial charge in [-0.25, -0.2) is 9.98 Å². The predicted octanol–water partition coefficient (Wildman–Crippen LogP) is 2.81. The van der Waals surface area contributed by atoms with Crippen LogP contribution < -0.4 is 10.1 Å². The van der Waals surface area contributed by atoms with E-state index < -0.39 is 0 Å². The third kappa shape index (κ3) is 5.59. The first kappa shape index (κ1) is 20.5. The van der Waals surface area contributed by atoms with Crippen molar-refractivity contribution in [2.45, 2.75) is 19.8 Å². The van der Waals surface area contributed by atoms with Crippen molar-refractivity contribution in [2.75, 3.05) is 46.0 Å². The molecule has 0 radical (unpaired) electrons. The number of aromatic nitrogens is 1. The third-order valence-electron chi connectivity index (χ3n) is 4.56. The quantitative estimate of drug-likeness (QED) is 0.304. The molecule has 1 aromatic heterocycles. The van der Waals surface area contributed by atoms with E-state index in [2.05, 4.69) is 22.1 Å². The number of aliphatic imine (C=N–C) groups is 1. The standard InChI is InChI=1S/C17H25ClN4O2.HI/c1-2-19-16(22-8-5-17(12-22)6-9-23-13-17)20-7-10-24-15-4-3-14(18)11-21-15;/h3-4,11H,2,5-10,12-13H2,1H3,(H,19,20);1H. The maximum Gasteiger partial charge on any atom is 0.213 e. The van der Waals surface area contributed by atoms with Gasteiger partial charge in [-0.2, -0.15) is 0 Å². The maximum atomic E-state index is 5.81. The molecule has 0 aliphatic carbocycles. The van der Waals surface area contributed by atoms with Crippen LogP contribution in [0.5, 0.6) is 5.88 Å². The van der Waals surface area contributed by atoms with Gasteiger partial charge in [0.1, 0.15) is 6.61 Å². The van der Waals surface area contributed by atoms with Gasteiger partial charge < -0.3 is 19.7 Å². The van der Waals surface area contributed by atoms with E-state index in [1.54, 1.807) is 18.3 Å². The molecule has 2 aliphatic rings. The zero-order chi connectivity index (χ0) is 16.8. The van der Waals surface area contributed by atoms with Crippen LogP contribution in [0.4, 0.5) is 0 Å². The van der Waals surface area contributed by atoms with Gasteiger partial charge in [-0.3, -0.25) is 0 Å². The van der Waals surface area contributed by atoms with Crippen LogP contribution in [0.2, 0.25) is 5.02 Å². The first-order chi connectivity index (χ1) is 11.7. The highest BCUT2D eigenvalue weighted by Gasteiger charge is 2.42. The van der Waals surface area contributed by atoms with Gasteiger partial charge in [-0.15, -0.1) is 24.0 Å². The largest absolute Gasteiger partial charge is 0.476 e. The Bertz CT molecular complexity index is 564. The SMILES string of the molecule is CCNC(=NCCOc1ccc(Cl)cn1)N1CCC2(CCOC2)C1.I. The van der Waals surface area contributed by atoms with Crippen molar-refractivity contribution < 1.29 is 9.47 Å². The summed E-state index contributed by atoms with van der Waals surface area (Å²) >= 11 is 5.81. The summed E-state index contributed by atoms with van der Waals surface area (Å²) in [6.45, 7) is 7.87. The van der Waals surface area contributed by atoms with Crippen LogP contribution in [-0.2, 0) is 4.74 Å². The average Bonchev–Trinajstić information content (AvgIpc) is 3.22. The zero-order valence-electron chi connectivity index (χ0n) is 14.5. The third-order valence-corrected chi connectivity index (χ3v) is 4.78. The Labute approximate surface area is 171 Å². The number of nitrogens with one attached hydrogen (secondary N) is 1. The van der Waals surface area contributed by atoms with E-state index in [4.69, 9.17) is 26.1 Å². The maximum absolute atomic E-state index is 5.81. The molecule has 6 nitrogen and oxygen atoms in total. The van der Waals surface area contributed by atoms with Gasteiger partial charge in [0.25, 0.3) is 0 Å². The molecule has 1 N–H and O–H groups in total. The minimum atomic E-state index is 0. The minimum absolute atomic E-state index is 0. The molecule has 3 rings (SSSR count). The van der Waals surface area contributed by atoms with E-state index in [1.165, 1.54) is 6.42 Å². The number of hydrogen-bond donors (Lipinski definition) is 1. The molecule has 25 heavy (non-hydrogen) atoms. The van der Waals surface area contributed by atoms with Crippen LogP contribution in [0.25, 0.3) is 0 Å². The lowest BCUT2D eigenvalue weighted by atomic mass is 9.87. The average molecular weight is 481 g/mol. The van der Waals surface area contributed by atoms with Crippen molar-refractivity contribution >= 4 is 41.5 Å². The Morgan fingerprint density at radius 3 is 3.04 bits per heavy atom. The number of guanidine groups is 1. The summed E-state index contributed by atoms with van der Waals surface area (Å²) in [6, 6.07) is 3.53. The first-order valence-corrected chi connectivity index (χ1v) is 8.94. The van der Waals surface area contributed by atoms with Crippen molar-refractivity contribution in [1.29, 1.82) is 0 Å². The minimum Gasteiger partial charge on any atom is -0.476 e. The molecule has 0 aromatic carbocycles. The topological polar surface area (TPSA) is 59.0 Å². The van der Waals surface area contributed by atoms with E-state index in [9.17, 15) is 0 Å². The monoisotopic (exact) mass is 480 g/mol. The van der Waals surface area contributed by atoms with Gasteiger partial charge in [-0.1, -0.05) is 11.6 Å². The highest BCUT2D eigenvalue weighted by Crippen LogP contribution is 2.38. The van der Waals surface area contributed by atoms with E-state index in [0.717, 1.165) is 45.2 Å². The summed E-state index contributed by atoms with van der Waals surface area (Å²) in [7, 11) is 0. The fraction of sp³-hybridized carbons (Fsp3) is 0.647. The van der Waals surface area contributed by atoms with Gasteiger partial charge in [-0.05, 0) is 25.8 Å². The molecular formula is C17H26ClIN4O2. The molecule has 3 heterocycles. The number of hydrogen-bond acceptors (Lipinski definition) is 4. The molecule has 2 aliphatic heterocycles. The molecule has 2 saturated heterocycles. The number of ether oxygens (including phenoxy) is 2. The smallest absolute Gasteiger partial charge is 0.213 e. The molecule has 1 unspecified atom stereocenters. The van der Waals surface area contributed by atoms with Crippen molar-refractivity contribution in [1.82, 2.24) is 15.2 Å². The van der Waals surface area contributed by atoms with E-state index >= 15 is 0 Å². The van der Waals surface area contributed by atoms with Crippen LogP contribution in [0.3, 0.4) is 0 Å². The molecule has 0 bridgehead atoms. The highest BCUT2D eigenvalue weighted by atomic mass is 127. The lowest BCUT2D eigenvalue weighted by Crippen LogP contribution is -2.41. The molecule has 1 aromatic rings. The zero-order valence-corrected chi connectivity index (χ0v) is 17.6. The highest BCUT2D eigenvalue weighted by molar-refractivity contribution is 14.0. The summed E-state index contributed by atoms with van der Waals surface area (Å²) in [6.07, 6.45) is 3.93. The first-order valence-electron chi connectivity index (χ1n) is 8.56. The number of nitrogens with zero attached hydrogens (tertiary/aromatic N) is 3. The summed E-state index contributed by atoms with van der Waals surface area (Å²) < 4.78 is 11.2. The molecule has 1 atom stereocenters. The number of pyridine rings is 1. The number of likely N-dealkylation sites (tertiary alicyclic amines) is 1. The van der Waals surface area contributed by atoms with Crippen molar-refractivity contribution in [2.24, 2.45) is 10.4 Å². The summed E-state index contributed by atoms with van der Waals surface area (Å²) in [5.41, 5.74) is 0.333. The predicted molar refractivity (Wildman–Crippen MR) is 110 cm³/mol. The Morgan fingerprint density at radius 2 is 2.36 bits per heavy atom. The molecule has 0 saturated carbocycles. The van der Waals surface area contributed by atoms with Crippen molar-refractivity contribution in [3.05, 3.63) is 23.4 Å². The molecule has 1 spiro atoms. The normalized spacial score (nSPS) is 23.0. The van der Waals surface area contributed by atoms with Crippen LogP contribution in [0, 0.1) is 5.41 Å². The number of rotatable bonds is 5. The van der Waals surface area contributed by atoms with Crippen LogP contribution in [0.1, 0.15) is 19.8 Å². The second-order valence-corrected chi connectivity index (χ2v) is 6.81. The summed E-state index contributed by atoms with van der Waals surface area (Å²) in [5, 5.41) is 3.99. The van der Waals surface area contributed by atoms with Crippen molar-refractivity contribution in [3.63, 3.8) is 0 Å². The Kier molecular flexibility index (Phi) is 8.02. The molecular weight excluding hydrogens is 455 g/mol.